The van der Waals surface area contributed by atoms with E-state index in [2.05, 4.69) is 27.0 Å². The summed E-state index contributed by atoms with van der Waals surface area (Å²) < 4.78 is 11.4. The lowest BCUT2D eigenvalue weighted by molar-refractivity contribution is 0.672. The fourth-order valence-corrected chi connectivity index (χ4v) is 3.23. The average Bonchev–Trinajstić information content (AvgIpc) is 2.94. The quantitative estimate of drug-likeness (QED) is 0.798. The van der Waals surface area contributed by atoms with Gasteiger partial charge in [-0.1, -0.05) is 6.08 Å². The number of aliphatic imine (C=N–C) groups is 1. The average molecular weight is 261 g/mol. The summed E-state index contributed by atoms with van der Waals surface area (Å²) in [4.78, 5) is 11.0. The standard InChI is InChI=1S/C13H15N3OS/c17-18-8-6-16(7-9-18)13-10-11(3-5-15-13)12-2-1-4-14-12/h1-3,5,10H,4,6-9H2. The zero-order valence-corrected chi connectivity index (χ0v) is 10.9. The molecule has 0 saturated carbocycles. The molecule has 5 heteroatoms. The molecule has 0 atom stereocenters. The second-order valence-corrected chi connectivity index (χ2v) is 6.06. The molecule has 1 fully saturated rings. The Labute approximate surface area is 109 Å². The van der Waals surface area contributed by atoms with Gasteiger partial charge in [-0.2, -0.15) is 0 Å². The van der Waals surface area contributed by atoms with E-state index in [1.807, 2.05) is 18.3 Å². The molecule has 0 spiro atoms. The highest BCUT2D eigenvalue weighted by Gasteiger charge is 2.17. The lowest BCUT2D eigenvalue weighted by atomic mass is 10.1. The van der Waals surface area contributed by atoms with Crippen LogP contribution in [0.25, 0.3) is 0 Å². The highest BCUT2D eigenvalue weighted by Crippen LogP contribution is 2.16. The molecule has 2 aliphatic rings. The first-order valence-electron chi connectivity index (χ1n) is 6.10. The van der Waals surface area contributed by atoms with Crippen molar-refractivity contribution in [2.45, 2.75) is 0 Å². The molecule has 0 N–H and O–H groups in total. The summed E-state index contributed by atoms with van der Waals surface area (Å²) in [5.74, 6) is 2.45. The van der Waals surface area contributed by atoms with Crippen molar-refractivity contribution in [1.82, 2.24) is 4.98 Å². The van der Waals surface area contributed by atoms with Gasteiger partial charge >= 0.3 is 0 Å². The molecule has 0 aromatic carbocycles. The summed E-state index contributed by atoms with van der Waals surface area (Å²) in [6.07, 6.45) is 5.93. The van der Waals surface area contributed by atoms with Crippen molar-refractivity contribution in [1.29, 1.82) is 0 Å². The highest BCUT2D eigenvalue weighted by molar-refractivity contribution is 7.85. The van der Waals surface area contributed by atoms with Gasteiger partial charge in [-0.3, -0.25) is 9.20 Å². The number of aromatic nitrogens is 1. The predicted molar refractivity (Wildman–Crippen MR) is 74.9 cm³/mol. The Morgan fingerprint density at radius 2 is 2.11 bits per heavy atom. The van der Waals surface area contributed by atoms with Gasteiger partial charge in [0.2, 0.25) is 0 Å². The minimum atomic E-state index is -0.646. The molecule has 94 valence electrons. The fourth-order valence-electron chi connectivity index (χ4n) is 2.17. The fraction of sp³-hybridized carbons (Fsp3) is 0.385. The molecule has 1 saturated heterocycles. The van der Waals surface area contributed by atoms with E-state index in [-0.39, 0.29) is 0 Å². The maximum Gasteiger partial charge on any atom is 0.129 e. The van der Waals surface area contributed by atoms with Crippen molar-refractivity contribution in [2.75, 3.05) is 36.0 Å². The second kappa shape index (κ2) is 5.02. The summed E-state index contributed by atoms with van der Waals surface area (Å²) in [7, 11) is -0.646. The van der Waals surface area contributed by atoms with Crippen LogP contribution in [0.5, 0.6) is 0 Å². The Morgan fingerprint density at radius 1 is 1.28 bits per heavy atom. The number of anilines is 1. The van der Waals surface area contributed by atoms with Crippen molar-refractivity contribution < 1.29 is 4.21 Å². The Kier molecular flexibility index (Phi) is 3.23. The first-order chi connectivity index (χ1) is 8.83. The van der Waals surface area contributed by atoms with Gasteiger partial charge < -0.3 is 4.90 Å². The van der Waals surface area contributed by atoms with Crippen molar-refractivity contribution >= 4 is 22.3 Å². The van der Waals surface area contributed by atoms with Crippen LogP contribution in [0.4, 0.5) is 5.82 Å². The van der Waals surface area contributed by atoms with Gasteiger partial charge in [0.25, 0.3) is 0 Å². The zero-order valence-electron chi connectivity index (χ0n) is 10.1. The molecule has 1 aromatic rings. The number of rotatable bonds is 2. The maximum absolute atomic E-state index is 11.4. The highest BCUT2D eigenvalue weighted by atomic mass is 32.2. The van der Waals surface area contributed by atoms with E-state index in [1.165, 1.54) is 0 Å². The van der Waals surface area contributed by atoms with Gasteiger partial charge in [-0.05, 0) is 18.2 Å². The normalized spacial score (nSPS) is 20.2. The molecular weight excluding hydrogens is 246 g/mol. The third-order valence-corrected chi connectivity index (χ3v) is 4.46. The molecule has 0 radical (unpaired) electrons. The molecule has 18 heavy (non-hydrogen) atoms. The SMILES string of the molecule is O=S1CCN(c2cc(C3=NCC=C3)ccn2)CC1. The Hall–Kier alpha value is -1.49. The van der Waals surface area contributed by atoms with E-state index in [0.29, 0.717) is 0 Å². The molecule has 3 heterocycles. The van der Waals surface area contributed by atoms with Crippen molar-refractivity contribution in [3.8, 4) is 0 Å². The van der Waals surface area contributed by atoms with Crippen molar-refractivity contribution in [3.05, 3.63) is 36.0 Å². The lowest BCUT2D eigenvalue weighted by Gasteiger charge is -2.27. The predicted octanol–water partition coefficient (Wildman–Crippen LogP) is 1.01. The van der Waals surface area contributed by atoms with Gasteiger partial charge in [0.15, 0.2) is 0 Å². The van der Waals surface area contributed by atoms with Gasteiger partial charge in [0.1, 0.15) is 5.82 Å². The largest absolute Gasteiger partial charge is 0.355 e. The van der Waals surface area contributed by atoms with E-state index in [1.54, 1.807) is 0 Å². The van der Waals surface area contributed by atoms with Crippen LogP contribution in [0, 0.1) is 0 Å². The minimum absolute atomic E-state index is 0.646. The second-order valence-electron chi connectivity index (χ2n) is 4.37. The summed E-state index contributed by atoms with van der Waals surface area (Å²) in [5.41, 5.74) is 2.14. The number of hydrogen-bond donors (Lipinski definition) is 0. The third kappa shape index (κ3) is 2.36. The lowest BCUT2D eigenvalue weighted by Crippen LogP contribution is -2.38. The van der Waals surface area contributed by atoms with E-state index >= 15 is 0 Å². The van der Waals surface area contributed by atoms with Crippen molar-refractivity contribution in [2.24, 2.45) is 4.99 Å². The molecule has 0 unspecified atom stereocenters. The molecule has 4 nitrogen and oxygen atoms in total. The molecule has 3 rings (SSSR count). The van der Waals surface area contributed by atoms with Gasteiger partial charge in [0.05, 0.1) is 12.3 Å². The Balaban J connectivity index is 1.82. The zero-order chi connectivity index (χ0) is 12.4. The van der Waals surface area contributed by atoms with E-state index in [4.69, 9.17) is 0 Å². The van der Waals surface area contributed by atoms with Gasteiger partial charge in [0, 0.05) is 47.2 Å². The van der Waals surface area contributed by atoms with Crippen LogP contribution in [0.1, 0.15) is 5.56 Å². The van der Waals surface area contributed by atoms with Gasteiger partial charge in [-0.25, -0.2) is 4.98 Å². The van der Waals surface area contributed by atoms with Crippen LogP contribution in [-0.4, -0.2) is 46.0 Å². The summed E-state index contributed by atoms with van der Waals surface area (Å²) in [6.45, 7) is 2.42. The Bertz CT molecular complexity index is 529. The van der Waals surface area contributed by atoms with Crippen LogP contribution < -0.4 is 4.90 Å². The summed E-state index contributed by atoms with van der Waals surface area (Å²) in [6, 6.07) is 4.06. The first-order valence-corrected chi connectivity index (χ1v) is 7.59. The number of hydrogen-bond acceptors (Lipinski definition) is 4. The summed E-state index contributed by atoms with van der Waals surface area (Å²) >= 11 is 0. The maximum atomic E-state index is 11.4. The monoisotopic (exact) mass is 261 g/mol. The molecule has 0 bridgehead atoms. The number of nitrogens with zero attached hydrogens (tertiary/aromatic N) is 3. The van der Waals surface area contributed by atoms with Crippen LogP contribution >= 0.6 is 0 Å². The van der Waals surface area contributed by atoms with E-state index < -0.39 is 10.8 Å². The molecule has 0 aliphatic carbocycles. The van der Waals surface area contributed by atoms with Crippen LogP contribution in [0.3, 0.4) is 0 Å². The smallest absolute Gasteiger partial charge is 0.129 e. The van der Waals surface area contributed by atoms with Crippen LogP contribution in [0.15, 0.2) is 35.5 Å². The molecular formula is C13H15N3OS. The Morgan fingerprint density at radius 3 is 2.83 bits per heavy atom. The number of pyridine rings is 1. The van der Waals surface area contributed by atoms with Crippen LogP contribution in [-0.2, 0) is 10.8 Å². The molecule has 1 aromatic heterocycles. The van der Waals surface area contributed by atoms with Crippen LogP contribution in [0.2, 0.25) is 0 Å². The van der Waals surface area contributed by atoms with Crippen molar-refractivity contribution in [3.63, 3.8) is 0 Å². The topological polar surface area (TPSA) is 45.6 Å². The van der Waals surface area contributed by atoms with E-state index in [9.17, 15) is 4.21 Å². The van der Waals surface area contributed by atoms with Gasteiger partial charge in [-0.15, -0.1) is 0 Å². The third-order valence-electron chi connectivity index (χ3n) is 3.19. The number of allylic oxidation sites excluding steroid dienone is 1. The minimum Gasteiger partial charge on any atom is -0.355 e. The first kappa shape index (κ1) is 11.6. The molecule has 0 amide bonds. The molecule has 2 aliphatic heterocycles. The van der Waals surface area contributed by atoms with E-state index in [0.717, 1.165) is 48.2 Å². The summed E-state index contributed by atoms with van der Waals surface area (Å²) in [5, 5.41) is 0.